The summed E-state index contributed by atoms with van der Waals surface area (Å²) in [5, 5.41) is 11.4. The second kappa shape index (κ2) is 6.98. The molecular weight excluding hydrogens is 206 g/mol. The molecule has 1 aromatic rings. The first-order valence-electron chi connectivity index (χ1n) is 5.25. The van der Waals surface area contributed by atoms with E-state index < -0.39 is 0 Å². The van der Waals surface area contributed by atoms with E-state index in [1.54, 1.807) is 7.11 Å². The number of methoxy groups -OCH3 is 1. The van der Waals surface area contributed by atoms with Gasteiger partial charge in [0.15, 0.2) is 0 Å². The molecule has 2 N–H and O–H groups in total. The SMILES string of the molecule is COCc1cccc(NC(=O)CCCO)c1. The standard InChI is InChI=1S/C12H17NO3/c1-16-9-10-4-2-5-11(8-10)13-12(15)6-3-7-14/h2,4-5,8,14H,3,6-7,9H2,1H3,(H,13,15). The van der Waals surface area contributed by atoms with Crippen molar-refractivity contribution < 1.29 is 14.6 Å². The van der Waals surface area contributed by atoms with Crippen LogP contribution in [0.4, 0.5) is 5.69 Å². The van der Waals surface area contributed by atoms with Crippen LogP contribution in [0.5, 0.6) is 0 Å². The van der Waals surface area contributed by atoms with Crippen molar-refractivity contribution >= 4 is 11.6 Å². The Morgan fingerprint density at radius 1 is 1.50 bits per heavy atom. The van der Waals surface area contributed by atoms with Gasteiger partial charge in [0.1, 0.15) is 0 Å². The molecule has 16 heavy (non-hydrogen) atoms. The third kappa shape index (κ3) is 4.42. The zero-order valence-corrected chi connectivity index (χ0v) is 9.40. The van der Waals surface area contributed by atoms with Gasteiger partial charge in [0, 0.05) is 25.8 Å². The van der Waals surface area contributed by atoms with Gasteiger partial charge in [0.2, 0.25) is 5.91 Å². The van der Waals surface area contributed by atoms with Gasteiger partial charge in [0.25, 0.3) is 0 Å². The van der Waals surface area contributed by atoms with E-state index in [4.69, 9.17) is 9.84 Å². The minimum atomic E-state index is -0.0800. The molecule has 1 rings (SSSR count). The number of hydrogen-bond donors (Lipinski definition) is 2. The van der Waals surface area contributed by atoms with Gasteiger partial charge in [-0.25, -0.2) is 0 Å². The first-order chi connectivity index (χ1) is 7.76. The van der Waals surface area contributed by atoms with Crippen molar-refractivity contribution in [3.8, 4) is 0 Å². The molecule has 0 atom stereocenters. The van der Waals surface area contributed by atoms with Gasteiger partial charge in [0.05, 0.1) is 6.61 Å². The molecule has 0 aliphatic rings. The zero-order valence-electron chi connectivity index (χ0n) is 9.40. The number of carbonyl (C=O) groups excluding carboxylic acids is 1. The molecule has 1 aromatic carbocycles. The number of aliphatic hydroxyl groups is 1. The first-order valence-corrected chi connectivity index (χ1v) is 5.25. The molecule has 0 aromatic heterocycles. The van der Waals surface area contributed by atoms with Gasteiger partial charge < -0.3 is 15.2 Å². The predicted octanol–water partition coefficient (Wildman–Crippen LogP) is 1.54. The van der Waals surface area contributed by atoms with E-state index in [1.807, 2.05) is 24.3 Å². The van der Waals surface area contributed by atoms with Crippen LogP contribution in [-0.4, -0.2) is 24.7 Å². The third-order valence-corrected chi connectivity index (χ3v) is 2.08. The van der Waals surface area contributed by atoms with E-state index in [-0.39, 0.29) is 12.5 Å². The normalized spacial score (nSPS) is 10.1. The van der Waals surface area contributed by atoms with Crippen LogP contribution in [0.1, 0.15) is 18.4 Å². The van der Waals surface area contributed by atoms with Crippen molar-refractivity contribution in [1.82, 2.24) is 0 Å². The molecule has 0 unspecified atom stereocenters. The number of amides is 1. The van der Waals surface area contributed by atoms with E-state index in [0.29, 0.717) is 19.4 Å². The topological polar surface area (TPSA) is 58.6 Å². The number of ether oxygens (including phenoxy) is 1. The first kappa shape index (κ1) is 12.7. The van der Waals surface area contributed by atoms with Crippen molar-refractivity contribution in [1.29, 1.82) is 0 Å². The highest BCUT2D eigenvalue weighted by Crippen LogP contribution is 2.11. The maximum atomic E-state index is 11.4. The van der Waals surface area contributed by atoms with Gasteiger partial charge >= 0.3 is 0 Å². The van der Waals surface area contributed by atoms with Crippen LogP contribution >= 0.6 is 0 Å². The molecule has 4 heteroatoms. The summed E-state index contributed by atoms with van der Waals surface area (Å²) in [6.07, 6.45) is 0.828. The van der Waals surface area contributed by atoms with Gasteiger partial charge in [-0.2, -0.15) is 0 Å². The Morgan fingerprint density at radius 2 is 2.31 bits per heavy atom. The van der Waals surface area contributed by atoms with Crippen molar-refractivity contribution in [2.24, 2.45) is 0 Å². The highest BCUT2D eigenvalue weighted by atomic mass is 16.5. The Hall–Kier alpha value is -1.39. The Balaban J connectivity index is 2.52. The lowest BCUT2D eigenvalue weighted by Crippen LogP contribution is -2.11. The van der Waals surface area contributed by atoms with Crippen molar-refractivity contribution in [3.63, 3.8) is 0 Å². The van der Waals surface area contributed by atoms with Gasteiger partial charge in [-0.15, -0.1) is 0 Å². The Morgan fingerprint density at radius 3 is 3.00 bits per heavy atom. The van der Waals surface area contributed by atoms with Crippen LogP contribution in [0.3, 0.4) is 0 Å². The number of rotatable bonds is 6. The quantitative estimate of drug-likeness (QED) is 0.769. The summed E-state index contributed by atoms with van der Waals surface area (Å²) in [7, 11) is 1.63. The number of hydrogen-bond acceptors (Lipinski definition) is 3. The monoisotopic (exact) mass is 223 g/mol. The Bertz CT molecular complexity index is 339. The molecular formula is C12H17NO3. The fourth-order valence-electron chi connectivity index (χ4n) is 1.37. The molecule has 4 nitrogen and oxygen atoms in total. The summed E-state index contributed by atoms with van der Waals surface area (Å²) in [4.78, 5) is 11.4. The molecule has 0 fully saturated rings. The number of benzene rings is 1. The number of carbonyl (C=O) groups is 1. The summed E-state index contributed by atoms with van der Waals surface area (Å²) in [5.41, 5.74) is 1.78. The Labute approximate surface area is 95.2 Å². The largest absolute Gasteiger partial charge is 0.396 e. The molecule has 0 radical (unpaired) electrons. The molecule has 0 heterocycles. The average molecular weight is 223 g/mol. The van der Waals surface area contributed by atoms with E-state index in [0.717, 1.165) is 11.3 Å². The molecule has 0 saturated carbocycles. The van der Waals surface area contributed by atoms with Crippen LogP contribution in [0.2, 0.25) is 0 Å². The smallest absolute Gasteiger partial charge is 0.224 e. The second-order valence-corrected chi connectivity index (χ2v) is 3.51. The van der Waals surface area contributed by atoms with Crippen molar-refractivity contribution in [3.05, 3.63) is 29.8 Å². The van der Waals surface area contributed by atoms with E-state index in [1.165, 1.54) is 0 Å². The summed E-state index contributed by atoms with van der Waals surface area (Å²) in [5.74, 6) is -0.0800. The fourth-order valence-corrected chi connectivity index (χ4v) is 1.37. The highest BCUT2D eigenvalue weighted by molar-refractivity contribution is 5.90. The number of nitrogens with one attached hydrogen (secondary N) is 1. The van der Waals surface area contributed by atoms with Gasteiger partial charge in [-0.1, -0.05) is 12.1 Å². The molecule has 88 valence electrons. The molecule has 0 aliphatic heterocycles. The lowest BCUT2D eigenvalue weighted by Gasteiger charge is -2.06. The lowest BCUT2D eigenvalue weighted by molar-refractivity contribution is -0.116. The van der Waals surface area contributed by atoms with Crippen LogP contribution in [0, 0.1) is 0 Å². The van der Waals surface area contributed by atoms with Crippen LogP contribution in [-0.2, 0) is 16.1 Å². The second-order valence-electron chi connectivity index (χ2n) is 3.51. The van der Waals surface area contributed by atoms with Crippen LogP contribution in [0.25, 0.3) is 0 Å². The maximum Gasteiger partial charge on any atom is 0.224 e. The zero-order chi connectivity index (χ0) is 11.8. The third-order valence-electron chi connectivity index (χ3n) is 2.08. The van der Waals surface area contributed by atoms with Crippen LogP contribution < -0.4 is 5.32 Å². The van der Waals surface area contributed by atoms with Crippen molar-refractivity contribution in [2.75, 3.05) is 19.0 Å². The minimum Gasteiger partial charge on any atom is -0.396 e. The van der Waals surface area contributed by atoms with E-state index in [9.17, 15) is 4.79 Å². The molecule has 0 aliphatic carbocycles. The summed E-state index contributed by atoms with van der Waals surface area (Å²) >= 11 is 0. The number of anilines is 1. The van der Waals surface area contributed by atoms with Gasteiger partial charge in [-0.05, 0) is 24.1 Å². The molecule has 0 saturated heterocycles. The minimum absolute atomic E-state index is 0.0388. The number of aliphatic hydroxyl groups excluding tert-OH is 1. The lowest BCUT2D eigenvalue weighted by atomic mass is 10.2. The average Bonchev–Trinajstić information content (AvgIpc) is 2.27. The fraction of sp³-hybridized carbons (Fsp3) is 0.417. The molecule has 0 spiro atoms. The maximum absolute atomic E-state index is 11.4. The van der Waals surface area contributed by atoms with Gasteiger partial charge in [-0.3, -0.25) is 4.79 Å². The van der Waals surface area contributed by atoms with E-state index in [2.05, 4.69) is 5.32 Å². The Kier molecular flexibility index (Phi) is 5.53. The van der Waals surface area contributed by atoms with Crippen LogP contribution in [0.15, 0.2) is 24.3 Å². The van der Waals surface area contributed by atoms with Crippen molar-refractivity contribution in [2.45, 2.75) is 19.4 Å². The molecule has 1 amide bonds. The highest BCUT2D eigenvalue weighted by Gasteiger charge is 2.02. The predicted molar refractivity (Wildman–Crippen MR) is 62.1 cm³/mol. The van der Waals surface area contributed by atoms with E-state index >= 15 is 0 Å². The summed E-state index contributed by atoms with van der Waals surface area (Å²) in [6, 6.07) is 7.51. The molecule has 0 bridgehead atoms. The summed E-state index contributed by atoms with van der Waals surface area (Å²) < 4.78 is 5.01. The summed E-state index contributed by atoms with van der Waals surface area (Å²) in [6.45, 7) is 0.567.